The van der Waals surface area contributed by atoms with E-state index < -0.39 is 0 Å². The Balaban J connectivity index is 0.000000117. The van der Waals surface area contributed by atoms with E-state index in [0.717, 1.165) is 144 Å². The van der Waals surface area contributed by atoms with Crippen LogP contribution in [0.5, 0.6) is 0 Å². The zero-order valence-electron chi connectivity index (χ0n) is 63.1. The van der Waals surface area contributed by atoms with Crippen LogP contribution in [0.2, 0.25) is 0 Å². The monoisotopic (exact) mass is 1690 g/mol. The van der Waals surface area contributed by atoms with Crippen molar-refractivity contribution in [2.45, 2.75) is 41.5 Å². The fourth-order valence-electron chi connectivity index (χ4n) is 15.3. The maximum atomic E-state index is 4.90. The summed E-state index contributed by atoms with van der Waals surface area (Å²) in [4.78, 5) is 38.5. The number of benzene rings is 12. The fraction of sp³-hybridized carbons (Fsp3) is 0.0588. The number of nitrogens with zero attached hydrogens (tertiary/aromatic N) is 8. The third-order valence-corrected chi connectivity index (χ3v) is 20.2. The third kappa shape index (κ3) is 15.7. The molecule has 2 radical (unpaired) electrons. The standard InChI is InChI=1S/3C26H20N2.C24H14N2.2Pr/c3*1-17-15-23(19-9-5-3-6-10-19)21-13-14-22-24(20-11-7-4-8-12-20)16-18(2)28-26(22)25(21)27-17;1-3-7-17(8-4-1)19-13-15-25-23-21(19)11-12-22-20(14-16-26-24(22)23)18-9-5-2-6-10-18;;/h3*3-16H,1-2H3;1-14H;;/q;;;-2;;. The second kappa shape index (κ2) is 34.1. The molecule has 0 spiro atoms. The van der Waals surface area contributed by atoms with Crippen molar-refractivity contribution in [1.29, 1.82) is 0 Å². The quantitative estimate of drug-likeness (QED) is 0.109. The molecule has 0 aliphatic carbocycles. The molecule has 112 heavy (non-hydrogen) atoms. The number of aryl methyl sites for hydroxylation is 6. The van der Waals surface area contributed by atoms with Gasteiger partial charge in [0, 0.05) is 149 Å². The first kappa shape index (κ1) is 76.0. The molecule has 0 saturated heterocycles. The topological polar surface area (TPSA) is 103 Å². The van der Waals surface area contributed by atoms with E-state index >= 15 is 0 Å². The number of hydrogen-bond donors (Lipinski definition) is 0. The van der Waals surface area contributed by atoms with Crippen molar-refractivity contribution in [2.24, 2.45) is 0 Å². The minimum absolute atomic E-state index is 0. The van der Waals surface area contributed by atoms with Gasteiger partial charge < -0.3 is 9.97 Å². The Bertz CT molecular complexity index is 5890. The Kier molecular flexibility index (Phi) is 23.1. The van der Waals surface area contributed by atoms with Gasteiger partial charge in [0.15, 0.2) is 0 Å². The molecule has 0 aliphatic heterocycles. The van der Waals surface area contributed by atoms with Crippen LogP contribution in [0.3, 0.4) is 0 Å². The number of aromatic nitrogens is 8. The molecule has 0 amide bonds. The van der Waals surface area contributed by atoms with Gasteiger partial charge >= 0.3 is 0 Å². The van der Waals surface area contributed by atoms with Gasteiger partial charge in [-0.3, -0.25) is 29.9 Å². The van der Waals surface area contributed by atoms with Crippen molar-refractivity contribution >= 4 is 87.2 Å². The number of fused-ring (bicyclic) bond motifs is 12. The Morgan fingerprint density at radius 3 is 0.473 bits per heavy atom. The van der Waals surface area contributed by atoms with Crippen molar-refractivity contribution < 1.29 is 82.6 Å². The van der Waals surface area contributed by atoms with Crippen LogP contribution < -0.4 is 0 Å². The van der Waals surface area contributed by atoms with E-state index in [1.165, 1.54) is 66.8 Å². The van der Waals surface area contributed by atoms with Crippen molar-refractivity contribution in [1.82, 2.24) is 39.9 Å². The summed E-state index contributed by atoms with van der Waals surface area (Å²) in [6, 6.07) is 118. The molecule has 0 unspecified atom stereocenters. The van der Waals surface area contributed by atoms with Crippen LogP contribution in [0, 0.1) is 137 Å². The minimum Gasteiger partial charge on any atom is -0.397 e. The first-order valence-electron chi connectivity index (χ1n) is 37.1. The SMILES string of the molecule is Cc1cc(-c2ccccc2)c2ccc3c(-c4ccccc4)cc(C)nc3c2n1.Cc1cc(-c2ccccc2)c2ccc3c(-c4ccccc4)cc(C)nc3c2n1.Cc1cc(-c2ccccc2)c2ccc3c(-c4ccccc4)cc(C)nc3c2n1.[Pr].[Pr].[c-]1cc(-c2ccccc2)c2ccc3c(-c4ccccc4)c[c-]nc3c2n1. The summed E-state index contributed by atoms with van der Waals surface area (Å²) in [7, 11) is 0. The van der Waals surface area contributed by atoms with E-state index in [2.05, 4.69) is 319 Å². The molecule has 8 heterocycles. The van der Waals surface area contributed by atoms with Gasteiger partial charge in [-0.1, -0.05) is 326 Å². The van der Waals surface area contributed by atoms with Gasteiger partial charge in [0.05, 0.1) is 33.1 Å². The molecule has 530 valence electrons. The van der Waals surface area contributed by atoms with Crippen LogP contribution in [0.4, 0.5) is 0 Å². The first-order valence-corrected chi connectivity index (χ1v) is 37.1. The normalized spacial score (nSPS) is 11.0. The van der Waals surface area contributed by atoms with Gasteiger partial charge in [0.2, 0.25) is 0 Å². The molecular weight excluding hydrogens is 1620 g/mol. The predicted octanol–water partition coefficient (Wildman–Crippen LogP) is 25.9. The molecule has 0 fully saturated rings. The Hall–Kier alpha value is -11.4. The average Bonchev–Trinajstić information content (AvgIpc) is 0.760. The maximum absolute atomic E-state index is 4.90. The van der Waals surface area contributed by atoms with Crippen LogP contribution >= 0.6 is 0 Å². The first-order chi connectivity index (χ1) is 54.0. The molecule has 0 aliphatic rings. The molecule has 0 bridgehead atoms. The molecule has 20 aromatic rings. The van der Waals surface area contributed by atoms with Crippen molar-refractivity contribution in [3.63, 3.8) is 0 Å². The molecule has 8 aromatic heterocycles. The Morgan fingerprint density at radius 2 is 0.312 bits per heavy atom. The van der Waals surface area contributed by atoms with E-state index in [1.807, 2.05) is 84.9 Å². The maximum Gasteiger partial charge on any atom is 0.0974 e. The van der Waals surface area contributed by atoms with Crippen molar-refractivity contribution in [3.8, 4) is 89.0 Å². The van der Waals surface area contributed by atoms with E-state index in [0.29, 0.717) is 0 Å². The van der Waals surface area contributed by atoms with Crippen LogP contribution in [0.15, 0.2) is 340 Å². The molecule has 10 heteroatoms. The van der Waals surface area contributed by atoms with E-state index in [9.17, 15) is 0 Å². The van der Waals surface area contributed by atoms with Crippen molar-refractivity contribution in [3.05, 3.63) is 386 Å². The smallest absolute Gasteiger partial charge is 0.0974 e. The average molecular weight is 1690 g/mol. The van der Waals surface area contributed by atoms with Gasteiger partial charge in [-0.15, -0.1) is 34.0 Å². The molecular formula is C102H74N8Pr2-2. The second-order valence-corrected chi connectivity index (χ2v) is 27.8. The number of hydrogen-bond acceptors (Lipinski definition) is 8. The third-order valence-electron chi connectivity index (χ3n) is 20.2. The van der Waals surface area contributed by atoms with E-state index in [1.54, 1.807) is 0 Å². The van der Waals surface area contributed by atoms with Crippen LogP contribution in [0.1, 0.15) is 34.2 Å². The summed E-state index contributed by atoms with van der Waals surface area (Å²) < 4.78 is 0. The van der Waals surface area contributed by atoms with Gasteiger partial charge in [0.1, 0.15) is 0 Å². The predicted molar refractivity (Wildman–Crippen MR) is 458 cm³/mol. The van der Waals surface area contributed by atoms with Gasteiger partial charge in [0.25, 0.3) is 0 Å². The zero-order valence-corrected chi connectivity index (χ0v) is 70.5. The number of pyridine rings is 8. The summed E-state index contributed by atoms with van der Waals surface area (Å²) in [6.07, 6.45) is 6.10. The Morgan fingerprint density at radius 1 is 0.170 bits per heavy atom. The number of rotatable bonds is 8. The molecule has 20 rings (SSSR count). The summed E-state index contributed by atoms with van der Waals surface area (Å²) in [6.45, 7) is 12.3. The second-order valence-electron chi connectivity index (χ2n) is 27.8. The van der Waals surface area contributed by atoms with Gasteiger partial charge in [-0.05, 0) is 145 Å². The zero-order chi connectivity index (χ0) is 74.6. The summed E-state index contributed by atoms with van der Waals surface area (Å²) in [5, 5.41) is 9.00. The molecule has 0 atom stereocenters. The van der Waals surface area contributed by atoms with Crippen molar-refractivity contribution in [2.75, 3.05) is 0 Å². The van der Waals surface area contributed by atoms with Crippen LogP contribution in [0.25, 0.3) is 176 Å². The minimum atomic E-state index is 0. The van der Waals surface area contributed by atoms with E-state index in [4.69, 9.17) is 29.9 Å². The molecule has 12 aromatic carbocycles. The largest absolute Gasteiger partial charge is 0.397 e. The van der Waals surface area contributed by atoms with E-state index in [-0.39, 0.29) is 82.6 Å². The van der Waals surface area contributed by atoms with Crippen LogP contribution in [-0.2, 0) is 0 Å². The van der Waals surface area contributed by atoms with Crippen LogP contribution in [-0.4, -0.2) is 39.9 Å². The van der Waals surface area contributed by atoms with Gasteiger partial charge in [-0.2, -0.15) is 0 Å². The fourth-order valence-corrected chi connectivity index (χ4v) is 15.3. The molecule has 0 saturated carbocycles. The van der Waals surface area contributed by atoms with Gasteiger partial charge in [-0.25, -0.2) is 0 Å². The summed E-state index contributed by atoms with van der Waals surface area (Å²) in [5.41, 5.74) is 32.5. The molecule has 8 nitrogen and oxygen atoms in total. The summed E-state index contributed by atoms with van der Waals surface area (Å²) in [5.74, 6) is 0. The Labute approximate surface area is 718 Å². The summed E-state index contributed by atoms with van der Waals surface area (Å²) >= 11 is 0. The molecule has 0 N–H and O–H groups in total.